The summed E-state index contributed by atoms with van der Waals surface area (Å²) in [6, 6.07) is 20.9. The average molecular weight is 502 g/mol. The summed E-state index contributed by atoms with van der Waals surface area (Å²) >= 11 is 0. The molecule has 0 aromatic heterocycles. The highest BCUT2D eigenvalue weighted by atomic mass is 16.7. The predicted octanol–water partition coefficient (Wildman–Crippen LogP) is 5.31. The summed E-state index contributed by atoms with van der Waals surface area (Å²) < 4.78 is 5.55. The molecule has 2 aliphatic heterocycles. The summed E-state index contributed by atoms with van der Waals surface area (Å²) in [5.74, 6) is -0.802. The molecule has 5 rings (SSSR count). The van der Waals surface area contributed by atoms with Crippen molar-refractivity contribution in [2.45, 2.75) is 51.0 Å². The van der Waals surface area contributed by atoms with Crippen LogP contribution in [-0.4, -0.2) is 28.6 Å². The minimum atomic E-state index is -1.97. The maximum Gasteiger partial charge on any atom is 0.421 e. The fraction of sp³-hybridized carbons (Fsp3) is 0.286. The topological polar surface area (TPSA) is 102 Å². The highest BCUT2D eigenvalue weighted by Gasteiger charge is 2.74. The van der Waals surface area contributed by atoms with E-state index in [1.807, 2.05) is 19.1 Å². The maximum absolute atomic E-state index is 14.5. The standard InChI is InChI=1S/C28H27N3O6/c1-18-14-16-20(17-15-18)30-28(24(31(34)35)23(37-30)19-10-6-5-7-11-19)21-12-8-9-13-22(21)29(25(28)32)26(33)36-27(2,3)4/h5-17,23-24H,1-4H3/t23-,24-,28-/m0/s1. The van der Waals surface area contributed by atoms with Crippen LogP contribution in [0, 0.1) is 17.0 Å². The van der Waals surface area contributed by atoms with Crippen molar-refractivity contribution < 1.29 is 24.1 Å². The number of aryl methyl sites for hydroxylation is 1. The first-order valence-corrected chi connectivity index (χ1v) is 11.9. The van der Waals surface area contributed by atoms with Gasteiger partial charge < -0.3 is 4.74 Å². The second-order valence-corrected chi connectivity index (χ2v) is 10.2. The molecule has 1 spiro atoms. The van der Waals surface area contributed by atoms with Gasteiger partial charge in [-0.3, -0.25) is 19.7 Å². The highest BCUT2D eigenvalue weighted by Crippen LogP contribution is 2.56. The molecule has 3 aromatic carbocycles. The Morgan fingerprint density at radius 3 is 2.24 bits per heavy atom. The second-order valence-electron chi connectivity index (χ2n) is 10.2. The fourth-order valence-corrected chi connectivity index (χ4v) is 5.04. The van der Waals surface area contributed by atoms with Crippen molar-refractivity contribution in [2.75, 3.05) is 9.96 Å². The molecule has 2 aliphatic rings. The summed E-state index contributed by atoms with van der Waals surface area (Å²) in [5.41, 5.74) is -0.373. The van der Waals surface area contributed by atoms with Crippen LogP contribution in [0.2, 0.25) is 0 Å². The van der Waals surface area contributed by atoms with Gasteiger partial charge in [0.25, 0.3) is 11.9 Å². The molecule has 190 valence electrons. The lowest BCUT2D eigenvalue weighted by molar-refractivity contribution is -0.535. The Labute approximate surface area is 214 Å². The monoisotopic (exact) mass is 501 g/mol. The molecule has 2 amide bonds. The third-order valence-electron chi connectivity index (χ3n) is 6.54. The van der Waals surface area contributed by atoms with Crippen molar-refractivity contribution in [1.82, 2.24) is 0 Å². The third-order valence-corrected chi connectivity index (χ3v) is 6.54. The van der Waals surface area contributed by atoms with Crippen molar-refractivity contribution in [3.05, 3.63) is 106 Å². The van der Waals surface area contributed by atoms with Gasteiger partial charge in [-0.05, 0) is 51.5 Å². The van der Waals surface area contributed by atoms with E-state index >= 15 is 0 Å². The van der Waals surface area contributed by atoms with E-state index in [4.69, 9.17) is 9.57 Å². The van der Waals surface area contributed by atoms with Gasteiger partial charge in [-0.2, -0.15) is 0 Å². The van der Waals surface area contributed by atoms with Gasteiger partial charge in [0, 0.05) is 10.5 Å². The van der Waals surface area contributed by atoms with Gasteiger partial charge in [0.1, 0.15) is 5.60 Å². The minimum Gasteiger partial charge on any atom is -0.443 e. The molecular formula is C28H27N3O6. The number of nitrogens with zero attached hydrogens (tertiary/aromatic N) is 3. The number of anilines is 2. The Morgan fingerprint density at radius 1 is 1.00 bits per heavy atom. The molecule has 1 saturated heterocycles. The largest absolute Gasteiger partial charge is 0.443 e. The van der Waals surface area contributed by atoms with Gasteiger partial charge in [0.2, 0.25) is 5.54 Å². The molecule has 37 heavy (non-hydrogen) atoms. The first kappa shape index (κ1) is 24.5. The molecule has 3 aromatic rings. The minimum absolute atomic E-state index is 0.225. The lowest BCUT2D eigenvalue weighted by Gasteiger charge is -2.33. The van der Waals surface area contributed by atoms with Gasteiger partial charge >= 0.3 is 6.09 Å². The smallest absolute Gasteiger partial charge is 0.421 e. The molecular weight excluding hydrogens is 474 g/mol. The Morgan fingerprint density at radius 2 is 1.62 bits per heavy atom. The molecule has 9 nitrogen and oxygen atoms in total. The van der Waals surface area contributed by atoms with E-state index in [0.29, 0.717) is 16.8 Å². The van der Waals surface area contributed by atoms with Crippen LogP contribution in [0.3, 0.4) is 0 Å². The number of hydrogen-bond donors (Lipinski definition) is 0. The summed E-state index contributed by atoms with van der Waals surface area (Å²) in [7, 11) is 0. The van der Waals surface area contributed by atoms with Crippen LogP contribution in [0.4, 0.5) is 16.2 Å². The number of benzene rings is 3. The molecule has 3 atom stereocenters. The van der Waals surface area contributed by atoms with Crippen LogP contribution < -0.4 is 9.96 Å². The predicted molar refractivity (Wildman–Crippen MR) is 137 cm³/mol. The molecule has 2 heterocycles. The molecule has 0 N–H and O–H groups in total. The van der Waals surface area contributed by atoms with Gasteiger partial charge in [-0.25, -0.2) is 14.8 Å². The molecule has 0 bridgehead atoms. The first-order valence-electron chi connectivity index (χ1n) is 11.9. The van der Waals surface area contributed by atoms with Crippen LogP contribution >= 0.6 is 0 Å². The molecule has 1 fully saturated rings. The number of carbonyl (C=O) groups excluding carboxylic acids is 2. The molecule has 9 heteroatoms. The number of ether oxygens (including phenoxy) is 1. The molecule has 0 radical (unpaired) electrons. The summed E-state index contributed by atoms with van der Waals surface area (Å²) in [6.07, 6.45) is -2.01. The maximum atomic E-state index is 14.5. The Bertz CT molecular complexity index is 1370. The lowest BCUT2D eigenvalue weighted by Crippen LogP contribution is -2.58. The van der Waals surface area contributed by atoms with E-state index < -0.39 is 40.2 Å². The van der Waals surface area contributed by atoms with Crippen molar-refractivity contribution in [3.8, 4) is 0 Å². The zero-order valence-corrected chi connectivity index (χ0v) is 21.0. The number of rotatable bonds is 3. The SMILES string of the molecule is Cc1ccc(N2O[C@@H](c3ccccc3)[C@H]([N+](=O)[O-])[C@@]23C(=O)N(C(=O)OC(C)(C)C)c2ccccc23)cc1. The number of amides is 2. The number of carbonyl (C=O) groups is 2. The van der Waals surface area contributed by atoms with Crippen molar-refractivity contribution >= 4 is 23.4 Å². The number of imide groups is 1. The van der Waals surface area contributed by atoms with E-state index in [1.54, 1.807) is 87.5 Å². The Kier molecular flexibility index (Phi) is 5.75. The number of hydroxylamine groups is 1. The number of nitro groups is 1. The van der Waals surface area contributed by atoms with Crippen molar-refractivity contribution in [3.63, 3.8) is 0 Å². The molecule has 0 aliphatic carbocycles. The van der Waals surface area contributed by atoms with Gasteiger partial charge in [-0.15, -0.1) is 0 Å². The summed E-state index contributed by atoms with van der Waals surface area (Å²) in [6.45, 7) is 6.98. The van der Waals surface area contributed by atoms with Gasteiger partial charge in [0.05, 0.1) is 11.4 Å². The number of hydrogen-bond acceptors (Lipinski definition) is 7. The highest BCUT2D eigenvalue weighted by molar-refractivity contribution is 6.22. The van der Waals surface area contributed by atoms with Crippen LogP contribution in [0.5, 0.6) is 0 Å². The first-order chi connectivity index (χ1) is 17.6. The zero-order valence-electron chi connectivity index (χ0n) is 21.0. The molecule has 0 unspecified atom stereocenters. The normalized spacial score (nSPS) is 22.9. The van der Waals surface area contributed by atoms with E-state index in [-0.39, 0.29) is 5.69 Å². The number of para-hydroxylation sites is 1. The van der Waals surface area contributed by atoms with E-state index in [2.05, 4.69) is 0 Å². The average Bonchev–Trinajstić information content (AvgIpc) is 3.33. The summed E-state index contributed by atoms with van der Waals surface area (Å²) in [4.78, 5) is 47.4. The van der Waals surface area contributed by atoms with Crippen LogP contribution in [0.25, 0.3) is 0 Å². The third kappa shape index (κ3) is 3.82. The quantitative estimate of drug-likeness (QED) is 0.354. The van der Waals surface area contributed by atoms with Crippen molar-refractivity contribution in [1.29, 1.82) is 0 Å². The van der Waals surface area contributed by atoms with Crippen LogP contribution in [-0.2, 0) is 19.9 Å². The molecule has 0 saturated carbocycles. The van der Waals surface area contributed by atoms with Crippen molar-refractivity contribution in [2.24, 2.45) is 0 Å². The second kappa shape index (κ2) is 8.70. The van der Waals surface area contributed by atoms with E-state index in [1.165, 1.54) is 5.06 Å². The van der Waals surface area contributed by atoms with Gasteiger partial charge in [0.15, 0.2) is 6.10 Å². The number of fused-ring (bicyclic) bond motifs is 2. The summed E-state index contributed by atoms with van der Waals surface area (Å²) in [5, 5.41) is 14.2. The van der Waals surface area contributed by atoms with E-state index in [9.17, 15) is 19.7 Å². The Balaban J connectivity index is 1.78. The lowest BCUT2D eigenvalue weighted by atomic mass is 9.80. The fourth-order valence-electron chi connectivity index (χ4n) is 5.04. The van der Waals surface area contributed by atoms with Crippen LogP contribution in [0.15, 0.2) is 78.9 Å². The van der Waals surface area contributed by atoms with Gasteiger partial charge in [-0.1, -0.05) is 66.2 Å². The zero-order chi connectivity index (χ0) is 26.5. The van der Waals surface area contributed by atoms with Crippen LogP contribution in [0.1, 0.15) is 43.6 Å². The van der Waals surface area contributed by atoms with E-state index in [0.717, 1.165) is 10.5 Å². The Hall–Kier alpha value is -4.24.